The molecular weight excluding hydrogens is 332 g/mol. The number of aryl methyl sites for hydroxylation is 1. The van der Waals surface area contributed by atoms with Crippen LogP contribution in [0.4, 0.5) is 0 Å². The van der Waals surface area contributed by atoms with Crippen LogP contribution in [0.2, 0.25) is 0 Å². The summed E-state index contributed by atoms with van der Waals surface area (Å²) < 4.78 is 6.24. The molecule has 0 aliphatic carbocycles. The highest BCUT2D eigenvalue weighted by Crippen LogP contribution is 2.20. The molecule has 0 saturated carbocycles. The zero-order valence-corrected chi connectivity index (χ0v) is 13.8. The number of hydrogen-bond donors (Lipinski definition) is 1. The van der Waals surface area contributed by atoms with E-state index in [4.69, 9.17) is 10.3 Å². The monoisotopic (exact) mass is 352 g/mol. The maximum atomic E-state index is 5.66. The molecule has 0 spiro atoms. The zero-order valence-electron chi connectivity index (χ0n) is 12.3. The molecule has 0 aliphatic rings. The van der Waals surface area contributed by atoms with Crippen LogP contribution in [-0.4, -0.2) is 21.7 Å². The Kier molecular flexibility index (Phi) is 6.32. The molecule has 0 amide bonds. The Bertz CT molecular complexity index is 535. The molecule has 2 aromatic heterocycles. The third-order valence-electron chi connectivity index (χ3n) is 3.46. The summed E-state index contributed by atoms with van der Waals surface area (Å²) in [6.07, 6.45) is 7.01. The maximum absolute atomic E-state index is 5.66. The predicted octanol–water partition coefficient (Wildman–Crippen LogP) is 3.59. The lowest BCUT2D eigenvalue weighted by Crippen LogP contribution is -2.09. The van der Waals surface area contributed by atoms with Crippen LogP contribution >= 0.6 is 15.9 Å². The van der Waals surface area contributed by atoms with Gasteiger partial charge >= 0.3 is 0 Å². The third-order valence-corrected chi connectivity index (χ3v) is 3.93. The molecule has 0 aliphatic heterocycles. The van der Waals surface area contributed by atoms with Crippen LogP contribution in [-0.2, 0) is 6.42 Å². The van der Waals surface area contributed by atoms with E-state index >= 15 is 0 Å². The number of hydrogen-bond acceptors (Lipinski definition) is 5. The molecule has 6 heteroatoms. The lowest BCUT2D eigenvalue weighted by molar-refractivity contribution is 0.349. The second-order valence-corrected chi connectivity index (χ2v) is 6.06. The molecule has 5 nitrogen and oxygen atoms in total. The van der Waals surface area contributed by atoms with Crippen molar-refractivity contribution in [2.24, 2.45) is 11.7 Å². The average Bonchev–Trinajstić information content (AvgIpc) is 2.95. The standard InChI is InChI=1S/C15H21BrN4O/c1-2-3-11(8-9-17)4-7-14-19-15(20-21-14)13-6-5-12(16)10-18-13/h5-6,10-11H,2-4,7-9,17H2,1H3. The number of nitrogens with zero attached hydrogens (tertiary/aromatic N) is 3. The van der Waals surface area contributed by atoms with Gasteiger partial charge in [0.2, 0.25) is 11.7 Å². The highest BCUT2D eigenvalue weighted by Gasteiger charge is 2.13. The second kappa shape index (κ2) is 8.24. The minimum Gasteiger partial charge on any atom is -0.339 e. The van der Waals surface area contributed by atoms with Crippen molar-refractivity contribution in [3.05, 3.63) is 28.7 Å². The number of halogens is 1. The first-order valence-corrected chi connectivity index (χ1v) is 8.16. The molecule has 114 valence electrons. The summed E-state index contributed by atoms with van der Waals surface area (Å²) in [5.41, 5.74) is 6.38. The van der Waals surface area contributed by atoms with E-state index in [9.17, 15) is 0 Å². The van der Waals surface area contributed by atoms with Gasteiger partial charge in [-0.1, -0.05) is 24.9 Å². The zero-order chi connectivity index (χ0) is 15.1. The largest absolute Gasteiger partial charge is 0.339 e. The van der Waals surface area contributed by atoms with Gasteiger partial charge in [0.05, 0.1) is 0 Å². The minimum absolute atomic E-state index is 0.545. The highest BCUT2D eigenvalue weighted by atomic mass is 79.9. The number of aromatic nitrogens is 3. The van der Waals surface area contributed by atoms with E-state index in [2.05, 4.69) is 38.0 Å². The summed E-state index contributed by atoms with van der Waals surface area (Å²) in [4.78, 5) is 8.68. The number of pyridine rings is 1. The van der Waals surface area contributed by atoms with E-state index in [1.54, 1.807) is 6.20 Å². The van der Waals surface area contributed by atoms with Crippen LogP contribution in [0.5, 0.6) is 0 Å². The SMILES string of the molecule is CCCC(CCN)CCc1nc(-c2ccc(Br)cn2)no1. The van der Waals surface area contributed by atoms with Crippen LogP contribution < -0.4 is 5.73 Å². The number of rotatable bonds is 8. The Morgan fingerprint density at radius 2 is 2.14 bits per heavy atom. The molecule has 1 unspecified atom stereocenters. The molecule has 2 aromatic rings. The van der Waals surface area contributed by atoms with Gasteiger partial charge in [-0.15, -0.1) is 0 Å². The van der Waals surface area contributed by atoms with Gasteiger partial charge in [-0.2, -0.15) is 4.98 Å². The summed E-state index contributed by atoms with van der Waals surface area (Å²) in [5.74, 6) is 1.86. The Labute approximate surface area is 133 Å². The molecule has 0 bridgehead atoms. The molecule has 2 N–H and O–H groups in total. The van der Waals surface area contributed by atoms with Crippen molar-refractivity contribution >= 4 is 15.9 Å². The first-order chi connectivity index (χ1) is 10.2. The van der Waals surface area contributed by atoms with Gasteiger partial charge in [0.25, 0.3) is 0 Å². The van der Waals surface area contributed by atoms with E-state index in [-0.39, 0.29) is 0 Å². The van der Waals surface area contributed by atoms with Crippen molar-refractivity contribution < 1.29 is 4.52 Å². The normalized spacial score (nSPS) is 12.5. The molecular formula is C15H21BrN4O. The molecule has 0 aromatic carbocycles. The first kappa shape index (κ1) is 16.1. The summed E-state index contributed by atoms with van der Waals surface area (Å²) in [6, 6.07) is 3.78. The van der Waals surface area contributed by atoms with Gasteiger partial charge in [-0.3, -0.25) is 4.98 Å². The lowest BCUT2D eigenvalue weighted by Gasteiger charge is -2.13. The van der Waals surface area contributed by atoms with Crippen molar-refractivity contribution in [2.75, 3.05) is 6.54 Å². The maximum Gasteiger partial charge on any atom is 0.227 e. The van der Waals surface area contributed by atoms with Crippen LogP contribution in [0.1, 0.15) is 38.5 Å². The summed E-state index contributed by atoms with van der Waals surface area (Å²) in [5, 5.41) is 4.00. The molecule has 0 radical (unpaired) electrons. The van der Waals surface area contributed by atoms with E-state index in [0.29, 0.717) is 17.6 Å². The average molecular weight is 353 g/mol. The number of nitrogens with two attached hydrogens (primary N) is 1. The smallest absolute Gasteiger partial charge is 0.227 e. The Morgan fingerprint density at radius 3 is 2.81 bits per heavy atom. The predicted molar refractivity (Wildman–Crippen MR) is 85.6 cm³/mol. The van der Waals surface area contributed by atoms with Crippen LogP contribution in [0, 0.1) is 5.92 Å². The van der Waals surface area contributed by atoms with Gasteiger partial charge in [-0.05, 0) is 53.4 Å². The second-order valence-electron chi connectivity index (χ2n) is 5.14. The topological polar surface area (TPSA) is 77.8 Å². The summed E-state index contributed by atoms with van der Waals surface area (Å²) in [6.45, 7) is 2.94. The van der Waals surface area contributed by atoms with Crippen molar-refractivity contribution in [1.82, 2.24) is 15.1 Å². The fourth-order valence-electron chi connectivity index (χ4n) is 2.37. The van der Waals surface area contributed by atoms with E-state index in [1.807, 2.05) is 12.1 Å². The van der Waals surface area contributed by atoms with Crippen LogP contribution in [0.25, 0.3) is 11.5 Å². The molecule has 21 heavy (non-hydrogen) atoms. The van der Waals surface area contributed by atoms with Crippen molar-refractivity contribution in [1.29, 1.82) is 0 Å². The van der Waals surface area contributed by atoms with Crippen LogP contribution in [0.3, 0.4) is 0 Å². The summed E-state index contributed by atoms with van der Waals surface area (Å²) >= 11 is 3.36. The fraction of sp³-hybridized carbons (Fsp3) is 0.533. The van der Waals surface area contributed by atoms with Gasteiger partial charge < -0.3 is 10.3 Å². The van der Waals surface area contributed by atoms with Crippen molar-refractivity contribution in [3.63, 3.8) is 0 Å². The van der Waals surface area contributed by atoms with E-state index < -0.39 is 0 Å². The van der Waals surface area contributed by atoms with Crippen molar-refractivity contribution in [2.45, 2.75) is 39.0 Å². The lowest BCUT2D eigenvalue weighted by atomic mass is 9.94. The minimum atomic E-state index is 0.545. The molecule has 2 heterocycles. The fourth-order valence-corrected chi connectivity index (χ4v) is 2.61. The molecule has 0 saturated heterocycles. The van der Waals surface area contributed by atoms with Gasteiger partial charge in [-0.25, -0.2) is 0 Å². The Balaban J connectivity index is 1.95. The van der Waals surface area contributed by atoms with Gasteiger partial charge in [0.1, 0.15) is 5.69 Å². The molecule has 1 atom stereocenters. The van der Waals surface area contributed by atoms with Gasteiger partial charge in [0, 0.05) is 17.1 Å². The highest BCUT2D eigenvalue weighted by molar-refractivity contribution is 9.10. The van der Waals surface area contributed by atoms with Crippen molar-refractivity contribution in [3.8, 4) is 11.5 Å². The summed E-state index contributed by atoms with van der Waals surface area (Å²) in [7, 11) is 0. The third kappa shape index (κ3) is 4.89. The van der Waals surface area contributed by atoms with E-state index in [1.165, 1.54) is 12.8 Å². The molecule has 2 rings (SSSR count). The molecule has 0 fully saturated rings. The van der Waals surface area contributed by atoms with Crippen LogP contribution in [0.15, 0.2) is 27.3 Å². The first-order valence-electron chi connectivity index (χ1n) is 7.37. The Morgan fingerprint density at radius 1 is 1.29 bits per heavy atom. The van der Waals surface area contributed by atoms with E-state index in [0.717, 1.165) is 36.0 Å². The van der Waals surface area contributed by atoms with Gasteiger partial charge in [0.15, 0.2) is 0 Å². The quantitative estimate of drug-likeness (QED) is 0.785. The Hall–Kier alpha value is -1.27.